The number of hydrogen-bond acceptors (Lipinski definition) is 0. The lowest BCUT2D eigenvalue weighted by Gasteiger charge is -2.07. The fourth-order valence-corrected chi connectivity index (χ4v) is 1.65. The van der Waals surface area contributed by atoms with Gasteiger partial charge >= 0.3 is 0 Å². The van der Waals surface area contributed by atoms with Gasteiger partial charge in [0.2, 0.25) is 0 Å². The lowest BCUT2D eigenvalue weighted by atomic mass is 10.0. The molecule has 1 aromatic carbocycles. The smallest absolute Gasteiger partial charge is 0.0122 e. The maximum absolute atomic E-state index is 3.95. The zero-order valence-corrected chi connectivity index (χ0v) is 8.88. The van der Waals surface area contributed by atoms with Crippen LogP contribution < -0.4 is 0 Å². The van der Waals surface area contributed by atoms with Crippen molar-refractivity contribution in [2.75, 3.05) is 0 Å². The monoisotopic (exact) mass is 178 g/mol. The van der Waals surface area contributed by atoms with Gasteiger partial charge in [0.25, 0.3) is 0 Å². The Morgan fingerprint density at radius 3 is 2.67 bits per heavy atom. The van der Waals surface area contributed by atoms with Gasteiger partial charge in [-0.15, -0.1) is 9.24 Å². The van der Waals surface area contributed by atoms with E-state index in [2.05, 4.69) is 47.9 Å². The molecule has 0 spiro atoms. The van der Waals surface area contributed by atoms with Crippen molar-refractivity contribution >= 4 is 14.8 Å². The molecule has 0 aliphatic heterocycles. The van der Waals surface area contributed by atoms with Crippen molar-refractivity contribution in [3.05, 3.63) is 41.5 Å². The number of allylic oxidation sites excluding steroid dienone is 1. The molecule has 0 aliphatic rings. The van der Waals surface area contributed by atoms with E-state index in [9.17, 15) is 0 Å². The predicted molar refractivity (Wildman–Crippen MR) is 59.3 cm³/mol. The van der Waals surface area contributed by atoms with Crippen molar-refractivity contribution in [1.82, 2.24) is 0 Å². The Morgan fingerprint density at radius 2 is 2.17 bits per heavy atom. The van der Waals surface area contributed by atoms with E-state index in [1.807, 2.05) is 0 Å². The van der Waals surface area contributed by atoms with Crippen molar-refractivity contribution in [3.63, 3.8) is 0 Å². The second kappa shape index (κ2) is 3.87. The third kappa shape index (κ3) is 1.95. The molecule has 0 heterocycles. The van der Waals surface area contributed by atoms with Crippen LogP contribution in [-0.2, 0) is 6.16 Å². The zero-order chi connectivity index (χ0) is 9.14. The molecule has 1 atom stereocenters. The largest absolute Gasteiger partial charge is 0.133 e. The molecule has 0 fully saturated rings. The predicted octanol–water partition coefficient (Wildman–Crippen LogP) is 3.40. The summed E-state index contributed by atoms with van der Waals surface area (Å²) in [4.78, 5) is 0. The van der Waals surface area contributed by atoms with Crippen LogP contribution in [0.5, 0.6) is 0 Å². The van der Waals surface area contributed by atoms with Crippen LogP contribution in [-0.4, -0.2) is 0 Å². The lowest BCUT2D eigenvalue weighted by molar-refractivity contribution is 1.32. The Kier molecular flexibility index (Phi) is 3.05. The van der Waals surface area contributed by atoms with Gasteiger partial charge < -0.3 is 0 Å². The minimum Gasteiger partial charge on any atom is -0.133 e. The van der Waals surface area contributed by atoms with Crippen LogP contribution in [0.15, 0.2) is 24.8 Å². The molecule has 0 saturated heterocycles. The van der Waals surface area contributed by atoms with Gasteiger partial charge in [0, 0.05) is 0 Å². The molecule has 0 amide bonds. The Bertz CT molecular complexity index is 300. The summed E-state index contributed by atoms with van der Waals surface area (Å²) < 4.78 is 0. The molecule has 0 N–H and O–H groups in total. The molecular weight excluding hydrogens is 163 g/mol. The van der Waals surface area contributed by atoms with Crippen LogP contribution in [0.25, 0.3) is 5.57 Å². The van der Waals surface area contributed by atoms with Crippen LogP contribution in [0.2, 0.25) is 0 Å². The van der Waals surface area contributed by atoms with Crippen LogP contribution in [0, 0.1) is 6.92 Å². The normalized spacial score (nSPS) is 9.92. The summed E-state index contributed by atoms with van der Waals surface area (Å²) in [6.07, 6.45) is 1.00. The highest BCUT2D eigenvalue weighted by atomic mass is 31.0. The maximum atomic E-state index is 3.95. The van der Waals surface area contributed by atoms with Gasteiger partial charge in [0.15, 0.2) is 0 Å². The molecule has 1 unspecified atom stereocenters. The van der Waals surface area contributed by atoms with Gasteiger partial charge in [0.05, 0.1) is 0 Å². The molecule has 0 radical (unpaired) electrons. The summed E-state index contributed by atoms with van der Waals surface area (Å²) in [5, 5.41) is 0. The SMILES string of the molecule is C=C(C)c1ccc(C)cc1CP. The summed E-state index contributed by atoms with van der Waals surface area (Å²) in [5.41, 5.74) is 5.12. The van der Waals surface area contributed by atoms with E-state index in [1.54, 1.807) is 0 Å². The van der Waals surface area contributed by atoms with E-state index >= 15 is 0 Å². The quantitative estimate of drug-likeness (QED) is 0.609. The van der Waals surface area contributed by atoms with Crippen LogP contribution in [0.3, 0.4) is 0 Å². The lowest BCUT2D eigenvalue weighted by Crippen LogP contribution is -1.88. The van der Waals surface area contributed by atoms with Crippen LogP contribution >= 0.6 is 9.24 Å². The Morgan fingerprint density at radius 1 is 1.50 bits per heavy atom. The molecule has 1 heteroatoms. The molecule has 0 bridgehead atoms. The highest BCUT2D eigenvalue weighted by Crippen LogP contribution is 2.20. The second-order valence-corrected chi connectivity index (χ2v) is 3.55. The minimum atomic E-state index is 1.00. The molecule has 64 valence electrons. The zero-order valence-electron chi connectivity index (χ0n) is 7.72. The first kappa shape index (κ1) is 9.48. The van der Waals surface area contributed by atoms with Gasteiger partial charge in [-0.1, -0.05) is 35.9 Å². The van der Waals surface area contributed by atoms with Crippen molar-refractivity contribution in [2.24, 2.45) is 0 Å². The summed E-state index contributed by atoms with van der Waals surface area (Å²) >= 11 is 0. The fourth-order valence-electron chi connectivity index (χ4n) is 1.31. The van der Waals surface area contributed by atoms with Crippen molar-refractivity contribution in [1.29, 1.82) is 0 Å². The topological polar surface area (TPSA) is 0 Å². The molecule has 1 aromatic rings. The summed E-state index contributed by atoms with van der Waals surface area (Å²) in [6.45, 7) is 8.12. The molecule has 0 aliphatic carbocycles. The van der Waals surface area contributed by atoms with Gasteiger partial charge in [-0.2, -0.15) is 0 Å². The van der Waals surface area contributed by atoms with E-state index in [1.165, 1.54) is 16.7 Å². The van der Waals surface area contributed by atoms with E-state index in [4.69, 9.17) is 0 Å². The minimum absolute atomic E-state index is 1.00. The molecule has 12 heavy (non-hydrogen) atoms. The number of aryl methyl sites for hydroxylation is 1. The van der Waals surface area contributed by atoms with Crippen molar-refractivity contribution < 1.29 is 0 Å². The Labute approximate surface area is 76.9 Å². The van der Waals surface area contributed by atoms with Gasteiger partial charge in [0.1, 0.15) is 0 Å². The highest BCUT2D eigenvalue weighted by Gasteiger charge is 2.00. The Balaban J connectivity index is 3.20. The van der Waals surface area contributed by atoms with Crippen LogP contribution in [0.4, 0.5) is 0 Å². The molecule has 1 rings (SSSR count). The second-order valence-electron chi connectivity index (χ2n) is 3.15. The summed E-state index contributed by atoms with van der Waals surface area (Å²) in [5.74, 6) is 0. The maximum Gasteiger partial charge on any atom is -0.0122 e. The van der Waals surface area contributed by atoms with E-state index in [-0.39, 0.29) is 0 Å². The molecule has 0 nitrogen and oxygen atoms in total. The van der Waals surface area contributed by atoms with Gasteiger partial charge in [-0.05, 0) is 31.1 Å². The number of benzene rings is 1. The van der Waals surface area contributed by atoms with E-state index < -0.39 is 0 Å². The summed E-state index contributed by atoms with van der Waals surface area (Å²) in [7, 11) is 2.75. The first-order valence-electron chi connectivity index (χ1n) is 4.10. The first-order chi connectivity index (χ1) is 5.65. The van der Waals surface area contributed by atoms with Crippen LogP contribution in [0.1, 0.15) is 23.6 Å². The molecular formula is C11H15P. The third-order valence-electron chi connectivity index (χ3n) is 1.94. The molecule has 0 saturated carbocycles. The average Bonchev–Trinajstić information content (AvgIpc) is 2.03. The first-order valence-corrected chi connectivity index (χ1v) is 4.92. The van der Waals surface area contributed by atoms with Crippen molar-refractivity contribution in [3.8, 4) is 0 Å². The van der Waals surface area contributed by atoms with Gasteiger partial charge in [-0.25, -0.2) is 0 Å². The highest BCUT2D eigenvalue weighted by molar-refractivity contribution is 7.15. The average molecular weight is 178 g/mol. The Hall–Kier alpha value is -0.610. The van der Waals surface area contributed by atoms with E-state index in [0.29, 0.717) is 0 Å². The van der Waals surface area contributed by atoms with Crippen molar-refractivity contribution in [2.45, 2.75) is 20.0 Å². The standard InChI is InChI=1S/C11H15P/c1-8(2)11-5-4-9(3)6-10(11)7-12/h4-6H,1,7,12H2,2-3H3. The third-order valence-corrected chi connectivity index (χ3v) is 2.38. The number of hydrogen-bond donors (Lipinski definition) is 0. The van der Waals surface area contributed by atoms with Gasteiger partial charge in [-0.3, -0.25) is 0 Å². The summed E-state index contributed by atoms with van der Waals surface area (Å²) in [6, 6.07) is 6.50. The fraction of sp³-hybridized carbons (Fsp3) is 0.273. The molecule has 0 aromatic heterocycles. The van der Waals surface area contributed by atoms with E-state index in [0.717, 1.165) is 11.7 Å². The number of rotatable bonds is 2.